The van der Waals surface area contributed by atoms with Gasteiger partial charge in [0, 0.05) is 11.9 Å². The second-order valence-electron chi connectivity index (χ2n) is 4.64. The number of nitrogens with zero attached hydrogens (tertiary/aromatic N) is 1. The zero-order chi connectivity index (χ0) is 13.8. The van der Waals surface area contributed by atoms with Gasteiger partial charge in [0.25, 0.3) is 0 Å². The number of aromatic nitrogens is 1. The highest BCUT2D eigenvalue weighted by Gasteiger charge is 2.04. The van der Waals surface area contributed by atoms with Crippen LogP contribution in [0.3, 0.4) is 0 Å². The zero-order valence-corrected chi connectivity index (χ0v) is 10.9. The van der Waals surface area contributed by atoms with E-state index in [2.05, 4.69) is 36.3 Å². The Bertz CT molecular complexity index is 577. The summed E-state index contributed by atoms with van der Waals surface area (Å²) >= 11 is 0. The van der Waals surface area contributed by atoms with Crippen LogP contribution >= 0.6 is 0 Å². The number of benzene rings is 1. The van der Waals surface area contributed by atoms with E-state index in [4.69, 9.17) is 5.11 Å². The van der Waals surface area contributed by atoms with Gasteiger partial charge >= 0.3 is 5.97 Å². The number of carboxylic acids is 1. The summed E-state index contributed by atoms with van der Waals surface area (Å²) in [7, 11) is 0. The van der Waals surface area contributed by atoms with Crippen LogP contribution in [0.1, 0.15) is 35.7 Å². The third-order valence-electron chi connectivity index (χ3n) is 2.84. The molecule has 0 aliphatic carbocycles. The molecular weight excluding hydrogens is 240 g/mol. The molecule has 19 heavy (non-hydrogen) atoms. The van der Waals surface area contributed by atoms with Crippen LogP contribution in [0, 0.1) is 0 Å². The first-order valence-corrected chi connectivity index (χ1v) is 6.12. The largest absolute Gasteiger partial charge is 0.478 e. The molecule has 1 aromatic carbocycles. The molecule has 4 nitrogen and oxygen atoms in total. The predicted octanol–water partition coefficient (Wildman–Crippen LogP) is 3.65. The van der Waals surface area contributed by atoms with Gasteiger partial charge in [-0.05, 0) is 35.7 Å². The minimum Gasteiger partial charge on any atom is -0.478 e. The van der Waals surface area contributed by atoms with Gasteiger partial charge in [0.15, 0.2) is 0 Å². The van der Waals surface area contributed by atoms with Crippen molar-refractivity contribution < 1.29 is 9.90 Å². The first-order chi connectivity index (χ1) is 9.06. The smallest absolute Gasteiger partial charge is 0.337 e. The molecule has 0 fully saturated rings. The molecule has 0 bridgehead atoms. The third kappa shape index (κ3) is 3.31. The number of nitrogens with one attached hydrogen (secondary N) is 1. The zero-order valence-electron chi connectivity index (χ0n) is 10.9. The molecule has 0 radical (unpaired) electrons. The summed E-state index contributed by atoms with van der Waals surface area (Å²) in [6.07, 6.45) is 1.34. The molecule has 0 spiro atoms. The van der Waals surface area contributed by atoms with Gasteiger partial charge in [0.2, 0.25) is 0 Å². The summed E-state index contributed by atoms with van der Waals surface area (Å²) < 4.78 is 0. The third-order valence-corrected chi connectivity index (χ3v) is 2.84. The van der Waals surface area contributed by atoms with Gasteiger partial charge < -0.3 is 10.4 Å². The molecule has 2 N–H and O–H groups in total. The van der Waals surface area contributed by atoms with Crippen molar-refractivity contribution in [1.29, 1.82) is 0 Å². The summed E-state index contributed by atoms with van der Waals surface area (Å²) in [6.45, 7) is 4.28. The molecule has 1 heterocycles. The Balaban J connectivity index is 2.16. The van der Waals surface area contributed by atoms with Crippen molar-refractivity contribution in [1.82, 2.24) is 4.98 Å². The molecule has 0 unspecified atom stereocenters. The molecule has 2 rings (SSSR count). The molecule has 98 valence electrons. The Morgan fingerprint density at radius 1 is 1.26 bits per heavy atom. The average molecular weight is 256 g/mol. The summed E-state index contributed by atoms with van der Waals surface area (Å²) in [6, 6.07) is 11.3. The van der Waals surface area contributed by atoms with Gasteiger partial charge in [-0.15, -0.1) is 0 Å². The van der Waals surface area contributed by atoms with Gasteiger partial charge in [0.05, 0.1) is 5.56 Å². The first kappa shape index (κ1) is 13.1. The lowest BCUT2D eigenvalue weighted by Gasteiger charge is -2.09. The molecule has 0 amide bonds. The second-order valence-corrected chi connectivity index (χ2v) is 4.64. The van der Waals surface area contributed by atoms with Crippen molar-refractivity contribution in [2.75, 3.05) is 5.32 Å². The molecule has 1 aromatic heterocycles. The van der Waals surface area contributed by atoms with E-state index in [-0.39, 0.29) is 5.56 Å². The van der Waals surface area contributed by atoms with Crippen molar-refractivity contribution >= 4 is 17.5 Å². The predicted molar refractivity (Wildman–Crippen MR) is 75.0 cm³/mol. The molecule has 0 saturated heterocycles. The molecule has 0 aliphatic heterocycles. The van der Waals surface area contributed by atoms with E-state index >= 15 is 0 Å². The minimum absolute atomic E-state index is 0.182. The standard InChI is InChI=1S/C15H16N2O2/c1-10(2)11-4-3-5-13(8-11)17-14-7-6-12(9-16-14)15(18)19/h3-10H,1-2H3,(H,16,17)(H,18,19). The van der Waals surface area contributed by atoms with E-state index in [1.165, 1.54) is 17.8 Å². The van der Waals surface area contributed by atoms with Crippen molar-refractivity contribution in [2.24, 2.45) is 0 Å². The van der Waals surface area contributed by atoms with Crippen molar-refractivity contribution in [2.45, 2.75) is 19.8 Å². The van der Waals surface area contributed by atoms with Crippen LogP contribution in [0.15, 0.2) is 42.6 Å². The fraction of sp³-hybridized carbons (Fsp3) is 0.200. The second kappa shape index (κ2) is 5.52. The lowest BCUT2D eigenvalue weighted by Crippen LogP contribution is -1.99. The molecular formula is C15H16N2O2. The number of rotatable bonds is 4. The maximum Gasteiger partial charge on any atom is 0.337 e. The number of aromatic carboxylic acids is 1. The quantitative estimate of drug-likeness (QED) is 0.876. The Morgan fingerprint density at radius 3 is 2.63 bits per heavy atom. The normalized spacial score (nSPS) is 10.5. The monoisotopic (exact) mass is 256 g/mol. The Morgan fingerprint density at radius 2 is 2.05 bits per heavy atom. The van der Waals surface area contributed by atoms with Crippen LogP contribution in [0.25, 0.3) is 0 Å². The molecule has 0 saturated carbocycles. The Kier molecular flexibility index (Phi) is 3.80. The molecule has 2 aromatic rings. The number of hydrogen-bond donors (Lipinski definition) is 2. The van der Waals surface area contributed by atoms with Crippen LogP contribution in [-0.2, 0) is 0 Å². The lowest BCUT2D eigenvalue weighted by atomic mass is 10.0. The van der Waals surface area contributed by atoms with Gasteiger partial charge in [-0.3, -0.25) is 0 Å². The van der Waals surface area contributed by atoms with E-state index < -0.39 is 5.97 Å². The average Bonchev–Trinajstić information content (AvgIpc) is 2.39. The first-order valence-electron chi connectivity index (χ1n) is 6.12. The van der Waals surface area contributed by atoms with E-state index in [1.807, 2.05) is 12.1 Å². The van der Waals surface area contributed by atoms with Gasteiger partial charge in [0.1, 0.15) is 5.82 Å². The van der Waals surface area contributed by atoms with Gasteiger partial charge in [-0.1, -0.05) is 26.0 Å². The van der Waals surface area contributed by atoms with E-state index in [9.17, 15) is 4.79 Å². The number of carbonyl (C=O) groups is 1. The topological polar surface area (TPSA) is 62.2 Å². The highest BCUT2D eigenvalue weighted by Crippen LogP contribution is 2.21. The summed E-state index contributed by atoms with van der Waals surface area (Å²) in [5.41, 5.74) is 2.37. The summed E-state index contributed by atoms with van der Waals surface area (Å²) in [4.78, 5) is 14.8. The molecule has 0 atom stereocenters. The fourth-order valence-electron chi connectivity index (χ4n) is 1.72. The van der Waals surface area contributed by atoms with E-state index in [0.29, 0.717) is 11.7 Å². The maximum absolute atomic E-state index is 10.7. The van der Waals surface area contributed by atoms with Crippen LogP contribution in [0.2, 0.25) is 0 Å². The van der Waals surface area contributed by atoms with Crippen molar-refractivity contribution in [3.05, 3.63) is 53.7 Å². The van der Waals surface area contributed by atoms with Crippen LogP contribution in [0.5, 0.6) is 0 Å². The van der Waals surface area contributed by atoms with Gasteiger partial charge in [-0.2, -0.15) is 0 Å². The van der Waals surface area contributed by atoms with Crippen LogP contribution in [-0.4, -0.2) is 16.1 Å². The van der Waals surface area contributed by atoms with E-state index in [1.54, 1.807) is 6.07 Å². The van der Waals surface area contributed by atoms with E-state index in [0.717, 1.165) is 5.69 Å². The van der Waals surface area contributed by atoms with Crippen molar-refractivity contribution in [3.8, 4) is 0 Å². The van der Waals surface area contributed by atoms with Crippen molar-refractivity contribution in [3.63, 3.8) is 0 Å². The number of pyridine rings is 1. The summed E-state index contributed by atoms with van der Waals surface area (Å²) in [5.74, 6) is 0.121. The Hall–Kier alpha value is -2.36. The SMILES string of the molecule is CC(C)c1cccc(Nc2ccc(C(=O)O)cn2)c1. The fourth-order valence-corrected chi connectivity index (χ4v) is 1.72. The van der Waals surface area contributed by atoms with Gasteiger partial charge in [-0.25, -0.2) is 9.78 Å². The van der Waals surface area contributed by atoms with Crippen LogP contribution < -0.4 is 5.32 Å². The lowest BCUT2D eigenvalue weighted by molar-refractivity contribution is 0.0696. The molecule has 4 heteroatoms. The Labute approximate surface area is 112 Å². The molecule has 0 aliphatic rings. The number of anilines is 2. The minimum atomic E-state index is -0.971. The van der Waals surface area contributed by atoms with Crippen LogP contribution in [0.4, 0.5) is 11.5 Å². The number of hydrogen-bond acceptors (Lipinski definition) is 3. The maximum atomic E-state index is 10.7. The highest BCUT2D eigenvalue weighted by atomic mass is 16.4. The number of carboxylic acid groups (broad SMARTS) is 1. The highest BCUT2D eigenvalue weighted by molar-refractivity contribution is 5.87. The summed E-state index contributed by atoms with van der Waals surface area (Å²) in [5, 5.41) is 12.0.